The second-order valence-electron chi connectivity index (χ2n) is 6.50. The van der Waals surface area contributed by atoms with Crippen LogP contribution in [0.2, 0.25) is 0 Å². The van der Waals surface area contributed by atoms with Crippen molar-refractivity contribution in [3.63, 3.8) is 0 Å². The molecule has 0 aliphatic rings. The van der Waals surface area contributed by atoms with Gasteiger partial charge in [0.2, 0.25) is 5.91 Å². The van der Waals surface area contributed by atoms with Gasteiger partial charge in [0, 0.05) is 24.5 Å². The summed E-state index contributed by atoms with van der Waals surface area (Å²) in [7, 11) is 0. The number of rotatable bonds is 8. The van der Waals surface area contributed by atoms with Crippen molar-refractivity contribution in [2.24, 2.45) is 0 Å². The lowest BCUT2D eigenvalue weighted by Crippen LogP contribution is -2.21. The average Bonchev–Trinajstić information content (AvgIpc) is 2.71. The topological polar surface area (TPSA) is 70.2 Å². The molecule has 1 heterocycles. The fourth-order valence-electron chi connectivity index (χ4n) is 2.98. The van der Waals surface area contributed by atoms with E-state index in [1.807, 2.05) is 12.1 Å². The molecule has 29 heavy (non-hydrogen) atoms. The van der Waals surface area contributed by atoms with Crippen molar-refractivity contribution in [2.75, 3.05) is 28.6 Å². The van der Waals surface area contributed by atoms with E-state index in [0.717, 1.165) is 18.8 Å². The van der Waals surface area contributed by atoms with Crippen molar-refractivity contribution in [3.8, 4) is 0 Å². The summed E-state index contributed by atoms with van der Waals surface area (Å²) in [4.78, 5) is 14.4. The van der Waals surface area contributed by atoms with Crippen LogP contribution in [0.25, 0.3) is 0 Å². The standard InChI is InChI=1S/C22H24FN5O/c1-3-28(4-2)19-10-8-18(9-11-19)24-20-12-13-21(27-26-20)25-22(29)15-16-6-5-7-17(23)14-16/h5-14H,3-4,15H2,1-2H3,(H,24,26)(H,25,27,29). The van der Waals surface area contributed by atoms with E-state index >= 15 is 0 Å². The van der Waals surface area contributed by atoms with E-state index < -0.39 is 0 Å². The fourth-order valence-corrected chi connectivity index (χ4v) is 2.98. The first-order valence-electron chi connectivity index (χ1n) is 9.57. The number of hydrogen-bond donors (Lipinski definition) is 2. The van der Waals surface area contributed by atoms with Gasteiger partial charge in [-0.15, -0.1) is 10.2 Å². The molecule has 3 aromatic rings. The number of hydrogen-bond acceptors (Lipinski definition) is 5. The molecule has 6 nitrogen and oxygen atoms in total. The Kier molecular flexibility index (Phi) is 6.73. The second kappa shape index (κ2) is 9.64. The van der Waals surface area contributed by atoms with Gasteiger partial charge in [0.1, 0.15) is 5.82 Å². The summed E-state index contributed by atoms with van der Waals surface area (Å²) in [5, 5.41) is 14.0. The minimum absolute atomic E-state index is 0.0678. The maximum atomic E-state index is 13.2. The van der Waals surface area contributed by atoms with Gasteiger partial charge < -0.3 is 15.5 Å². The number of nitrogens with zero attached hydrogens (tertiary/aromatic N) is 3. The molecule has 0 spiro atoms. The van der Waals surface area contributed by atoms with Gasteiger partial charge in [-0.25, -0.2) is 4.39 Å². The van der Waals surface area contributed by atoms with Crippen molar-refractivity contribution in [1.29, 1.82) is 0 Å². The molecule has 0 saturated heterocycles. The molecule has 7 heteroatoms. The zero-order valence-electron chi connectivity index (χ0n) is 16.5. The molecule has 2 aromatic carbocycles. The largest absolute Gasteiger partial charge is 0.372 e. The number of nitrogens with one attached hydrogen (secondary N) is 2. The van der Waals surface area contributed by atoms with Crippen molar-refractivity contribution in [3.05, 3.63) is 72.0 Å². The summed E-state index contributed by atoms with van der Waals surface area (Å²) in [5.41, 5.74) is 2.67. The van der Waals surface area contributed by atoms with Crippen LogP contribution in [0.4, 0.5) is 27.4 Å². The van der Waals surface area contributed by atoms with Gasteiger partial charge >= 0.3 is 0 Å². The zero-order valence-corrected chi connectivity index (χ0v) is 16.5. The van der Waals surface area contributed by atoms with Gasteiger partial charge in [0.25, 0.3) is 0 Å². The van der Waals surface area contributed by atoms with Crippen molar-refractivity contribution in [1.82, 2.24) is 10.2 Å². The molecule has 2 N–H and O–H groups in total. The van der Waals surface area contributed by atoms with E-state index in [1.165, 1.54) is 17.8 Å². The summed E-state index contributed by atoms with van der Waals surface area (Å²) >= 11 is 0. The van der Waals surface area contributed by atoms with Gasteiger partial charge in [-0.1, -0.05) is 12.1 Å². The third-order valence-electron chi connectivity index (χ3n) is 4.45. The molecular weight excluding hydrogens is 369 g/mol. The van der Waals surface area contributed by atoms with Gasteiger partial charge in [0.15, 0.2) is 11.6 Å². The van der Waals surface area contributed by atoms with Crippen molar-refractivity contribution >= 4 is 28.9 Å². The molecule has 0 radical (unpaired) electrons. The summed E-state index contributed by atoms with van der Waals surface area (Å²) in [5.74, 6) is 0.269. The highest BCUT2D eigenvalue weighted by Crippen LogP contribution is 2.20. The molecule has 1 amide bonds. The summed E-state index contributed by atoms with van der Waals surface area (Å²) in [6, 6.07) is 17.5. The molecule has 0 unspecified atom stereocenters. The summed E-state index contributed by atoms with van der Waals surface area (Å²) in [6.07, 6.45) is 0.0678. The van der Waals surface area contributed by atoms with E-state index in [4.69, 9.17) is 0 Å². The molecule has 0 aliphatic heterocycles. The van der Waals surface area contributed by atoms with Crippen LogP contribution in [0.1, 0.15) is 19.4 Å². The molecule has 0 aliphatic carbocycles. The van der Waals surface area contributed by atoms with Crippen LogP contribution in [0.5, 0.6) is 0 Å². The van der Waals surface area contributed by atoms with Crippen LogP contribution in [0.15, 0.2) is 60.7 Å². The monoisotopic (exact) mass is 393 g/mol. The zero-order chi connectivity index (χ0) is 20.6. The van der Waals surface area contributed by atoms with Gasteiger partial charge in [-0.2, -0.15) is 0 Å². The van der Waals surface area contributed by atoms with E-state index in [0.29, 0.717) is 17.2 Å². The Bertz CT molecular complexity index is 940. The molecule has 150 valence electrons. The van der Waals surface area contributed by atoms with Gasteiger partial charge in [0.05, 0.1) is 6.42 Å². The van der Waals surface area contributed by atoms with E-state index in [9.17, 15) is 9.18 Å². The van der Waals surface area contributed by atoms with Gasteiger partial charge in [-0.05, 0) is 67.9 Å². The Balaban J connectivity index is 1.56. The van der Waals surface area contributed by atoms with Crippen LogP contribution in [-0.4, -0.2) is 29.2 Å². The van der Waals surface area contributed by atoms with Crippen LogP contribution >= 0.6 is 0 Å². The molecule has 0 fully saturated rings. The first kappa shape index (κ1) is 20.3. The Morgan fingerprint density at radius 3 is 2.28 bits per heavy atom. The first-order valence-corrected chi connectivity index (χ1v) is 9.57. The first-order chi connectivity index (χ1) is 14.1. The average molecular weight is 393 g/mol. The van der Waals surface area contributed by atoms with Crippen LogP contribution in [0.3, 0.4) is 0 Å². The van der Waals surface area contributed by atoms with E-state index in [2.05, 4.69) is 51.7 Å². The Morgan fingerprint density at radius 2 is 1.66 bits per heavy atom. The fraction of sp³-hybridized carbons (Fsp3) is 0.227. The number of benzene rings is 2. The lowest BCUT2D eigenvalue weighted by molar-refractivity contribution is -0.115. The maximum absolute atomic E-state index is 13.2. The number of halogens is 1. The minimum Gasteiger partial charge on any atom is -0.372 e. The highest BCUT2D eigenvalue weighted by molar-refractivity contribution is 5.91. The second-order valence-corrected chi connectivity index (χ2v) is 6.50. The van der Waals surface area contributed by atoms with E-state index in [-0.39, 0.29) is 18.1 Å². The van der Waals surface area contributed by atoms with Crippen molar-refractivity contribution < 1.29 is 9.18 Å². The highest BCUT2D eigenvalue weighted by Gasteiger charge is 2.07. The SMILES string of the molecule is CCN(CC)c1ccc(Nc2ccc(NC(=O)Cc3cccc(F)c3)nn2)cc1. The maximum Gasteiger partial charge on any atom is 0.229 e. The summed E-state index contributed by atoms with van der Waals surface area (Å²) < 4.78 is 13.2. The molecule has 1 aromatic heterocycles. The lowest BCUT2D eigenvalue weighted by Gasteiger charge is -2.21. The predicted octanol–water partition coefficient (Wildman–Crippen LogP) is 4.39. The number of amides is 1. The number of carbonyl (C=O) groups is 1. The Morgan fingerprint density at radius 1 is 0.966 bits per heavy atom. The normalized spacial score (nSPS) is 10.4. The summed E-state index contributed by atoms with van der Waals surface area (Å²) in [6.45, 7) is 6.18. The van der Waals surface area contributed by atoms with Crippen LogP contribution in [-0.2, 0) is 11.2 Å². The Hall–Kier alpha value is -3.48. The molecular formula is C22H24FN5O. The minimum atomic E-state index is -0.365. The quantitative estimate of drug-likeness (QED) is 0.594. The molecule has 0 saturated carbocycles. The van der Waals surface area contributed by atoms with Crippen LogP contribution < -0.4 is 15.5 Å². The predicted molar refractivity (Wildman–Crippen MR) is 114 cm³/mol. The van der Waals surface area contributed by atoms with Crippen molar-refractivity contribution in [2.45, 2.75) is 20.3 Å². The van der Waals surface area contributed by atoms with Crippen LogP contribution in [0, 0.1) is 5.82 Å². The third-order valence-corrected chi connectivity index (χ3v) is 4.45. The Labute approximate surface area is 169 Å². The third kappa shape index (κ3) is 5.75. The highest BCUT2D eigenvalue weighted by atomic mass is 19.1. The number of aromatic nitrogens is 2. The number of carbonyl (C=O) groups excluding carboxylic acids is 1. The molecule has 3 rings (SSSR count). The molecule has 0 bridgehead atoms. The number of anilines is 4. The smallest absolute Gasteiger partial charge is 0.229 e. The lowest BCUT2D eigenvalue weighted by atomic mass is 10.1. The van der Waals surface area contributed by atoms with E-state index in [1.54, 1.807) is 24.3 Å². The molecule has 0 atom stereocenters. The van der Waals surface area contributed by atoms with Gasteiger partial charge in [-0.3, -0.25) is 4.79 Å².